The van der Waals surface area contributed by atoms with Gasteiger partial charge >= 0.3 is 6.18 Å². The Balaban J connectivity index is 1.85. The number of hydrogen-bond acceptors (Lipinski definition) is 2. The molecule has 108 valence electrons. The second-order valence-electron chi connectivity index (χ2n) is 4.85. The van der Waals surface area contributed by atoms with Gasteiger partial charge in [0, 0.05) is 18.3 Å². The molecule has 3 nitrogen and oxygen atoms in total. The maximum absolute atomic E-state index is 12.7. The maximum Gasteiger partial charge on any atom is 0.416 e. The van der Waals surface area contributed by atoms with Crippen LogP contribution in [0.25, 0.3) is 0 Å². The first kappa shape index (κ1) is 13.6. The van der Waals surface area contributed by atoms with Gasteiger partial charge in [0.05, 0.1) is 17.8 Å². The fourth-order valence-electron chi connectivity index (χ4n) is 2.35. The van der Waals surface area contributed by atoms with Gasteiger partial charge in [-0.2, -0.15) is 13.2 Å². The molecule has 1 amide bonds. The molecule has 0 bridgehead atoms. The lowest BCUT2D eigenvalue weighted by molar-refractivity contribution is -0.137. The van der Waals surface area contributed by atoms with Gasteiger partial charge < -0.3 is 4.90 Å². The molecule has 1 aliphatic rings. The standard InChI is InChI=1S/C15H11F3N2O/c16-15(17,18)12-5-1-3-10(7-12)14(21)20-8-11-4-2-6-19-13(11)9-20/h1-7H,8-9H2. The summed E-state index contributed by atoms with van der Waals surface area (Å²) >= 11 is 0. The number of rotatable bonds is 1. The lowest BCUT2D eigenvalue weighted by Crippen LogP contribution is -2.25. The first-order valence-electron chi connectivity index (χ1n) is 6.34. The van der Waals surface area contributed by atoms with E-state index in [4.69, 9.17) is 0 Å². The van der Waals surface area contributed by atoms with Crippen molar-refractivity contribution in [1.82, 2.24) is 9.88 Å². The highest BCUT2D eigenvalue weighted by molar-refractivity contribution is 5.94. The number of nitrogens with zero attached hydrogens (tertiary/aromatic N) is 2. The molecular weight excluding hydrogens is 281 g/mol. The molecule has 0 aliphatic carbocycles. The van der Waals surface area contributed by atoms with Crippen molar-refractivity contribution in [2.45, 2.75) is 19.3 Å². The lowest BCUT2D eigenvalue weighted by atomic mass is 10.1. The molecule has 0 unspecified atom stereocenters. The van der Waals surface area contributed by atoms with Crippen molar-refractivity contribution < 1.29 is 18.0 Å². The van der Waals surface area contributed by atoms with E-state index >= 15 is 0 Å². The first-order valence-corrected chi connectivity index (χ1v) is 6.34. The Kier molecular flexibility index (Phi) is 3.16. The Morgan fingerprint density at radius 1 is 1.14 bits per heavy atom. The Morgan fingerprint density at radius 3 is 2.67 bits per heavy atom. The highest BCUT2D eigenvalue weighted by Gasteiger charge is 2.32. The fourth-order valence-corrected chi connectivity index (χ4v) is 2.35. The van der Waals surface area contributed by atoms with Gasteiger partial charge in [-0.25, -0.2) is 0 Å². The number of pyridine rings is 1. The third-order valence-electron chi connectivity index (χ3n) is 3.41. The van der Waals surface area contributed by atoms with Gasteiger partial charge in [-0.3, -0.25) is 9.78 Å². The van der Waals surface area contributed by atoms with E-state index in [0.29, 0.717) is 13.1 Å². The number of alkyl halides is 3. The molecule has 1 aromatic heterocycles. The molecule has 0 saturated carbocycles. The summed E-state index contributed by atoms with van der Waals surface area (Å²) in [5, 5.41) is 0. The van der Waals surface area contributed by atoms with E-state index < -0.39 is 17.6 Å². The van der Waals surface area contributed by atoms with Crippen molar-refractivity contribution >= 4 is 5.91 Å². The van der Waals surface area contributed by atoms with E-state index in [0.717, 1.165) is 23.4 Å². The molecule has 3 rings (SSSR count). The van der Waals surface area contributed by atoms with Crippen molar-refractivity contribution in [1.29, 1.82) is 0 Å². The number of carbonyl (C=O) groups is 1. The van der Waals surface area contributed by atoms with Gasteiger partial charge in [-0.1, -0.05) is 12.1 Å². The first-order chi connectivity index (χ1) is 9.95. The Bertz CT molecular complexity index is 672. The van der Waals surface area contributed by atoms with Crippen LogP contribution in [0.15, 0.2) is 42.6 Å². The number of hydrogen-bond donors (Lipinski definition) is 0. The molecule has 0 atom stereocenters. The lowest BCUT2D eigenvalue weighted by Gasteiger charge is -2.16. The third-order valence-corrected chi connectivity index (χ3v) is 3.41. The van der Waals surface area contributed by atoms with Gasteiger partial charge in [-0.05, 0) is 29.8 Å². The average molecular weight is 292 g/mol. The molecular formula is C15H11F3N2O. The van der Waals surface area contributed by atoms with Crippen LogP contribution in [0.1, 0.15) is 27.2 Å². The molecule has 21 heavy (non-hydrogen) atoms. The van der Waals surface area contributed by atoms with E-state index in [2.05, 4.69) is 4.98 Å². The molecule has 0 spiro atoms. The van der Waals surface area contributed by atoms with Crippen LogP contribution in [-0.2, 0) is 19.3 Å². The van der Waals surface area contributed by atoms with E-state index in [1.54, 1.807) is 12.3 Å². The highest BCUT2D eigenvalue weighted by atomic mass is 19.4. The van der Waals surface area contributed by atoms with Crippen LogP contribution < -0.4 is 0 Å². The zero-order valence-electron chi connectivity index (χ0n) is 10.9. The van der Waals surface area contributed by atoms with Crippen LogP contribution in [-0.4, -0.2) is 15.8 Å². The van der Waals surface area contributed by atoms with Crippen LogP contribution in [0, 0.1) is 0 Å². The van der Waals surface area contributed by atoms with Gasteiger partial charge in [-0.15, -0.1) is 0 Å². The second kappa shape index (κ2) is 4.87. The SMILES string of the molecule is O=C(c1cccc(C(F)(F)F)c1)N1Cc2cccnc2C1. The number of amides is 1. The summed E-state index contributed by atoms with van der Waals surface area (Å²) in [6, 6.07) is 8.13. The fraction of sp³-hybridized carbons (Fsp3) is 0.200. The van der Waals surface area contributed by atoms with Crippen LogP contribution in [0.4, 0.5) is 13.2 Å². The number of fused-ring (bicyclic) bond motifs is 1. The molecule has 2 heterocycles. The average Bonchev–Trinajstić information content (AvgIpc) is 2.89. The summed E-state index contributed by atoms with van der Waals surface area (Å²) in [5.41, 5.74) is 0.941. The van der Waals surface area contributed by atoms with E-state index in [-0.39, 0.29) is 5.56 Å². The minimum absolute atomic E-state index is 0.0395. The summed E-state index contributed by atoms with van der Waals surface area (Å²) in [6.07, 6.45) is -2.82. The van der Waals surface area contributed by atoms with Gasteiger partial charge in [0.1, 0.15) is 0 Å². The smallest absolute Gasteiger partial charge is 0.328 e. The molecule has 1 aliphatic heterocycles. The van der Waals surface area contributed by atoms with Crippen molar-refractivity contribution in [3.63, 3.8) is 0 Å². The van der Waals surface area contributed by atoms with E-state index in [9.17, 15) is 18.0 Å². The van der Waals surface area contributed by atoms with E-state index in [1.165, 1.54) is 17.0 Å². The predicted octanol–water partition coefficient (Wildman–Crippen LogP) is 3.26. The monoisotopic (exact) mass is 292 g/mol. The Hall–Kier alpha value is -2.37. The summed E-state index contributed by atoms with van der Waals surface area (Å²) in [4.78, 5) is 18.0. The largest absolute Gasteiger partial charge is 0.416 e. The molecule has 2 aromatic rings. The topological polar surface area (TPSA) is 33.2 Å². The highest BCUT2D eigenvalue weighted by Crippen LogP contribution is 2.30. The predicted molar refractivity (Wildman–Crippen MR) is 69.3 cm³/mol. The summed E-state index contributed by atoms with van der Waals surface area (Å²) < 4.78 is 38.1. The molecule has 1 aromatic carbocycles. The Morgan fingerprint density at radius 2 is 1.95 bits per heavy atom. The quantitative estimate of drug-likeness (QED) is 0.808. The van der Waals surface area contributed by atoms with Crippen molar-refractivity contribution in [3.05, 3.63) is 65.0 Å². The van der Waals surface area contributed by atoms with Gasteiger partial charge in [0.25, 0.3) is 5.91 Å². The molecule has 6 heteroatoms. The van der Waals surface area contributed by atoms with Crippen molar-refractivity contribution in [3.8, 4) is 0 Å². The number of aromatic nitrogens is 1. The van der Waals surface area contributed by atoms with Crippen LogP contribution in [0.3, 0.4) is 0 Å². The van der Waals surface area contributed by atoms with Crippen molar-refractivity contribution in [2.75, 3.05) is 0 Å². The van der Waals surface area contributed by atoms with Crippen LogP contribution in [0.2, 0.25) is 0 Å². The van der Waals surface area contributed by atoms with Crippen LogP contribution >= 0.6 is 0 Å². The molecule has 0 radical (unpaired) electrons. The van der Waals surface area contributed by atoms with Crippen LogP contribution in [0.5, 0.6) is 0 Å². The maximum atomic E-state index is 12.7. The minimum Gasteiger partial charge on any atom is -0.328 e. The molecule has 0 saturated heterocycles. The Labute approximate surface area is 119 Å². The zero-order chi connectivity index (χ0) is 15.0. The van der Waals surface area contributed by atoms with E-state index in [1.807, 2.05) is 6.07 Å². The molecule has 0 fully saturated rings. The summed E-state index contributed by atoms with van der Waals surface area (Å²) in [7, 11) is 0. The molecule has 0 N–H and O–H groups in total. The van der Waals surface area contributed by atoms with Gasteiger partial charge in [0.15, 0.2) is 0 Å². The number of benzene rings is 1. The minimum atomic E-state index is -4.45. The summed E-state index contributed by atoms with van der Waals surface area (Å²) in [5.74, 6) is -0.417. The number of carbonyl (C=O) groups excluding carboxylic acids is 1. The second-order valence-corrected chi connectivity index (χ2v) is 4.85. The zero-order valence-corrected chi connectivity index (χ0v) is 10.9. The third kappa shape index (κ3) is 2.61. The summed E-state index contributed by atoms with van der Waals surface area (Å²) in [6.45, 7) is 0.698. The number of halogens is 3. The van der Waals surface area contributed by atoms with Crippen molar-refractivity contribution in [2.24, 2.45) is 0 Å². The normalized spacial score (nSPS) is 14.1. The van der Waals surface area contributed by atoms with Gasteiger partial charge in [0.2, 0.25) is 0 Å².